The molecule has 0 spiro atoms. The zero-order valence-electron chi connectivity index (χ0n) is 21.2. The van der Waals surface area contributed by atoms with Gasteiger partial charge in [0.05, 0.1) is 43.9 Å². The van der Waals surface area contributed by atoms with Gasteiger partial charge in [0, 0.05) is 29.0 Å². The summed E-state index contributed by atoms with van der Waals surface area (Å²) in [7, 11) is 3.23. The molecule has 0 aliphatic carbocycles. The number of amides is 1. The molecule has 2 heterocycles. The van der Waals surface area contributed by atoms with Crippen molar-refractivity contribution < 1.29 is 19.0 Å². The fourth-order valence-electron chi connectivity index (χ4n) is 4.13. The highest BCUT2D eigenvalue weighted by atomic mass is 16.5. The first-order chi connectivity index (χ1) is 18.6. The van der Waals surface area contributed by atoms with Crippen LogP contribution in [-0.2, 0) is 6.42 Å². The van der Waals surface area contributed by atoms with Gasteiger partial charge in [0.1, 0.15) is 0 Å². The Morgan fingerprint density at radius 2 is 1.68 bits per heavy atom. The van der Waals surface area contributed by atoms with Crippen molar-refractivity contribution in [3.05, 3.63) is 108 Å². The van der Waals surface area contributed by atoms with E-state index in [2.05, 4.69) is 15.3 Å². The Morgan fingerprint density at radius 3 is 2.55 bits per heavy atom. The van der Waals surface area contributed by atoms with Gasteiger partial charge in [0.15, 0.2) is 11.5 Å². The van der Waals surface area contributed by atoms with Crippen LogP contribution in [0.15, 0.2) is 97.2 Å². The molecule has 1 N–H and O–H groups in total. The molecular weight excluding hydrogens is 478 g/mol. The molecule has 0 radical (unpaired) electrons. The first-order valence-corrected chi connectivity index (χ1v) is 12.2. The molecule has 38 heavy (non-hydrogen) atoms. The van der Waals surface area contributed by atoms with Crippen LogP contribution in [0.2, 0.25) is 0 Å². The largest absolute Gasteiger partial charge is 0.493 e. The van der Waals surface area contributed by atoms with Gasteiger partial charge in [0.2, 0.25) is 5.88 Å². The number of anilines is 1. The Hall–Kier alpha value is -4.91. The average Bonchev–Trinajstić information content (AvgIpc) is 2.97. The first-order valence-electron chi connectivity index (χ1n) is 12.2. The molecule has 0 saturated heterocycles. The number of rotatable bonds is 9. The number of carbonyl (C=O) groups is 1. The normalized spacial score (nSPS) is 10.7. The average molecular weight is 506 g/mol. The summed E-state index contributed by atoms with van der Waals surface area (Å²) in [4.78, 5) is 22.0. The third-order valence-corrected chi connectivity index (χ3v) is 6.08. The van der Waals surface area contributed by atoms with Crippen molar-refractivity contribution in [3.63, 3.8) is 0 Å². The Labute approximate surface area is 221 Å². The maximum Gasteiger partial charge on any atom is 0.255 e. The number of aromatic nitrogens is 2. The lowest BCUT2D eigenvalue weighted by Crippen LogP contribution is -2.12. The highest BCUT2D eigenvalue weighted by molar-refractivity contribution is 6.05. The fraction of sp³-hybridized carbons (Fsp3) is 0.129. The number of para-hydroxylation sites is 1. The number of benzene rings is 3. The van der Waals surface area contributed by atoms with Crippen LogP contribution in [0.1, 0.15) is 15.9 Å². The summed E-state index contributed by atoms with van der Waals surface area (Å²) in [5, 5.41) is 3.90. The number of pyridine rings is 2. The molecule has 1 amide bonds. The van der Waals surface area contributed by atoms with Crippen molar-refractivity contribution in [3.8, 4) is 28.6 Å². The van der Waals surface area contributed by atoms with Crippen LogP contribution in [0.3, 0.4) is 0 Å². The number of fused-ring (bicyclic) bond motifs is 1. The lowest BCUT2D eigenvalue weighted by Gasteiger charge is -2.11. The molecule has 7 nitrogen and oxygen atoms in total. The van der Waals surface area contributed by atoms with Crippen LogP contribution in [-0.4, -0.2) is 36.7 Å². The molecule has 0 fully saturated rings. The highest BCUT2D eigenvalue weighted by Gasteiger charge is 2.10. The highest BCUT2D eigenvalue weighted by Crippen LogP contribution is 2.28. The number of methoxy groups -OCH3 is 2. The second kappa shape index (κ2) is 11.4. The maximum absolute atomic E-state index is 13.0. The molecule has 0 unspecified atom stereocenters. The van der Waals surface area contributed by atoms with E-state index in [0.717, 1.165) is 27.7 Å². The van der Waals surface area contributed by atoms with Crippen molar-refractivity contribution in [2.24, 2.45) is 0 Å². The monoisotopic (exact) mass is 505 g/mol. The Balaban J connectivity index is 1.25. The van der Waals surface area contributed by atoms with Crippen LogP contribution < -0.4 is 19.5 Å². The van der Waals surface area contributed by atoms with E-state index in [9.17, 15) is 4.79 Å². The van der Waals surface area contributed by atoms with Crippen LogP contribution in [0.25, 0.3) is 22.2 Å². The number of hydrogen-bond acceptors (Lipinski definition) is 6. The number of carbonyl (C=O) groups excluding carboxylic acids is 1. The van der Waals surface area contributed by atoms with E-state index < -0.39 is 0 Å². The van der Waals surface area contributed by atoms with E-state index in [-0.39, 0.29) is 5.91 Å². The minimum Gasteiger partial charge on any atom is -0.493 e. The molecule has 7 heteroatoms. The molecule has 3 aromatic carbocycles. The Bertz CT molecular complexity index is 1590. The van der Waals surface area contributed by atoms with Crippen molar-refractivity contribution in [2.45, 2.75) is 6.42 Å². The van der Waals surface area contributed by atoms with E-state index in [1.165, 1.54) is 0 Å². The van der Waals surface area contributed by atoms with Gasteiger partial charge < -0.3 is 19.5 Å². The van der Waals surface area contributed by atoms with Gasteiger partial charge in [0.25, 0.3) is 5.91 Å². The number of ether oxygens (including phenoxy) is 3. The zero-order valence-corrected chi connectivity index (χ0v) is 21.2. The molecule has 0 aliphatic rings. The molecule has 0 bridgehead atoms. The minimum atomic E-state index is -0.216. The predicted molar refractivity (Wildman–Crippen MR) is 148 cm³/mol. The quantitative estimate of drug-likeness (QED) is 0.257. The van der Waals surface area contributed by atoms with Gasteiger partial charge in [-0.25, -0.2) is 4.98 Å². The van der Waals surface area contributed by atoms with Crippen molar-refractivity contribution in [1.29, 1.82) is 0 Å². The topological polar surface area (TPSA) is 82.6 Å². The molecular formula is C31H27N3O4. The fourth-order valence-corrected chi connectivity index (χ4v) is 4.13. The van der Waals surface area contributed by atoms with Gasteiger partial charge in [-0.1, -0.05) is 42.5 Å². The summed E-state index contributed by atoms with van der Waals surface area (Å²) in [6, 6.07) is 28.5. The summed E-state index contributed by atoms with van der Waals surface area (Å²) in [5.41, 5.74) is 4.65. The smallest absolute Gasteiger partial charge is 0.255 e. The van der Waals surface area contributed by atoms with Crippen molar-refractivity contribution in [1.82, 2.24) is 9.97 Å². The van der Waals surface area contributed by atoms with Crippen LogP contribution in [0.5, 0.6) is 17.4 Å². The predicted octanol–water partition coefficient (Wildman–Crippen LogP) is 6.19. The SMILES string of the molecule is COc1ccc(CCOc2cccc(-c3cccc(C(=O)Nc4cnc5ccccc5c4)c3)n2)cc1OC. The zero-order chi connectivity index (χ0) is 26.3. The standard InChI is InChI=1S/C31H27N3O4/c1-36-28-14-13-21(17-29(28)37-2)15-16-38-30-12-6-11-27(34-30)22-8-5-9-24(18-22)31(35)33-25-19-23-7-3-4-10-26(23)32-20-25/h3-14,17-20H,15-16H2,1-2H3,(H,33,35). The Morgan fingerprint density at radius 1 is 0.842 bits per heavy atom. The second-order valence-corrected chi connectivity index (χ2v) is 8.60. The maximum atomic E-state index is 13.0. The lowest BCUT2D eigenvalue weighted by molar-refractivity contribution is 0.102. The summed E-state index contributed by atoms with van der Waals surface area (Å²) in [6.45, 7) is 0.453. The summed E-state index contributed by atoms with van der Waals surface area (Å²) >= 11 is 0. The van der Waals surface area contributed by atoms with E-state index in [4.69, 9.17) is 14.2 Å². The van der Waals surface area contributed by atoms with Gasteiger partial charge in [-0.2, -0.15) is 0 Å². The van der Waals surface area contributed by atoms with E-state index in [1.807, 2.05) is 84.9 Å². The van der Waals surface area contributed by atoms with Gasteiger partial charge in [-0.05, 0) is 48.0 Å². The van der Waals surface area contributed by atoms with Crippen LogP contribution >= 0.6 is 0 Å². The van der Waals surface area contributed by atoms with Gasteiger partial charge in [-0.3, -0.25) is 9.78 Å². The molecule has 2 aromatic heterocycles. The summed E-state index contributed by atoms with van der Waals surface area (Å²) in [5.74, 6) is 1.67. The van der Waals surface area contributed by atoms with E-state index in [0.29, 0.717) is 41.7 Å². The molecule has 0 saturated carbocycles. The van der Waals surface area contributed by atoms with Gasteiger partial charge >= 0.3 is 0 Å². The molecule has 5 aromatic rings. The molecule has 5 rings (SSSR count). The van der Waals surface area contributed by atoms with E-state index >= 15 is 0 Å². The molecule has 190 valence electrons. The third-order valence-electron chi connectivity index (χ3n) is 6.08. The molecule has 0 atom stereocenters. The van der Waals surface area contributed by atoms with Gasteiger partial charge in [-0.15, -0.1) is 0 Å². The molecule has 0 aliphatic heterocycles. The first kappa shape index (κ1) is 24.8. The second-order valence-electron chi connectivity index (χ2n) is 8.60. The lowest BCUT2D eigenvalue weighted by atomic mass is 10.1. The summed E-state index contributed by atoms with van der Waals surface area (Å²) in [6.07, 6.45) is 2.35. The van der Waals surface area contributed by atoms with E-state index in [1.54, 1.807) is 26.5 Å². The van der Waals surface area contributed by atoms with Crippen molar-refractivity contribution >= 4 is 22.5 Å². The number of nitrogens with zero attached hydrogens (tertiary/aromatic N) is 2. The Kier molecular flexibility index (Phi) is 7.45. The number of hydrogen-bond donors (Lipinski definition) is 1. The van der Waals surface area contributed by atoms with Crippen molar-refractivity contribution in [2.75, 3.05) is 26.1 Å². The van der Waals surface area contributed by atoms with Crippen LogP contribution in [0, 0.1) is 0 Å². The number of nitrogens with one attached hydrogen (secondary N) is 1. The third kappa shape index (κ3) is 5.73. The summed E-state index contributed by atoms with van der Waals surface area (Å²) < 4.78 is 16.6. The minimum absolute atomic E-state index is 0.216. The van der Waals surface area contributed by atoms with Crippen LogP contribution in [0.4, 0.5) is 5.69 Å².